The van der Waals surface area contributed by atoms with E-state index >= 15 is 0 Å². The summed E-state index contributed by atoms with van der Waals surface area (Å²) in [4.78, 5) is 2.80. The SMILES string of the molecule is CCC(CSC)N(C)CC(N)=S. The molecule has 0 aliphatic heterocycles. The first-order valence-corrected chi connectivity index (χ1v) is 5.89. The minimum absolute atomic E-state index is 0.581. The Morgan fingerprint density at radius 2 is 2.25 bits per heavy atom. The number of nitrogens with two attached hydrogens (primary N) is 1. The molecule has 0 aliphatic carbocycles. The van der Waals surface area contributed by atoms with Gasteiger partial charge < -0.3 is 5.73 Å². The third-order valence-electron chi connectivity index (χ3n) is 1.86. The summed E-state index contributed by atoms with van der Waals surface area (Å²) in [6.07, 6.45) is 3.28. The molecule has 0 fully saturated rings. The maximum atomic E-state index is 5.46. The third-order valence-corrected chi connectivity index (χ3v) is 2.71. The second-order valence-electron chi connectivity index (χ2n) is 2.90. The van der Waals surface area contributed by atoms with Crippen LogP contribution in [0, 0.1) is 0 Å². The van der Waals surface area contributed by atoms with Gasteiger partial charge in [-0.1, -0.05) is 19.1 Å². The second kappa shape index (κ2) is 6.69. The van der Waals surface area contributed by atoms with Gasteiger partial charge in [0.25, 0.3) is 0 Å². The quantitative estimate of drug-likeness (QED) is 0.664. The molecule has 0 heterocycles. The minimum Gasteiger partial charge on any atom is -0.392 e. The van der Waals surface area contributed by atoms with Crippen molar-refractivity contribution in [2.45, 2.75) is 19.4 Å². The van der Waals surface area contributed by atoms with Gasteiger partial charge in [0, 0.05) is 18.3 Å². The standard InChI is InChI=1S/C8H18N2S2/c1-4-7(6-12-3)10(2)5-8(9)11/h7H,4-6H2,1-3H3,(H2,9,11). The van der Waals surface area contributed by atoms with E-state index in [0.717, 1.165) is 18.7 Å². The summed E-state index contributed by atoms with van der Waals surface area (Å²) in [6, 6.07) is 0.599. The number of hydrogen-bond donors (Lipinski definition) is 1. The number of nitrogens with zero attached hydrogens (tertiary/aromatic N) is 1. The van der Waals surface area contributed by atoms with Crippen LogP contribution in [0.1, 0.15) is 13.3 Å². The summed E-state index contributed by atoms with van der Waals surface area (Å²) in [5.41, 5.74) is 5.46. The Bertz CT molecular complexity index is 139. The Morgan fingerprint density at radius 1 is 1.67 bits per heavy atom. The number of thioether (sulfide) groups is 1. The fourth-order valence-electron chi connectivity index (χ4n) is 1.12. The third kappa shape index (κ3) is 4.95. The first-order valence-electron chi connectivity index (χ1n) is 4.09. The van der Waals surface area contributed by atoms with E-state index in [-0.39, 0.29) is 0 Å². The fraction of sp³-hybridized carbons (Fsp3) is 0.875. The molecule has 0 rings (SSSR count). The maximum Gasteiger partial charge on any atom is 0.0870 e. The highest BCUT2D eigenvalue weighted by atomic mass is 32.2. The zero-order valence-electron chi connectivity index (χ0n) is 8.04. The second-order valence-corrected chi connectivity index (χ2v) is 4.33. The highest BCUT2D eigenvalue weighted by molar-refractivity contribution is 7.98. The largest absolute Gasteiger partial charge is 0.392 e. The summed E-state index contributed by atoms with van der Waals surface area (Å²) in [6.45, 7) is 2.92. The van der Waals surface area contributed by atoms with Gasteiger partial charge >= 0.3 is 0 Å². The average molecular weight is 206 g/mol. The summed E-state index contributed by atoms with van der Waals surface area (Å²) in [5.74, 6) is 1.15. The number of hydrogen-bond acceptors (Lipinski definition) is 3. The van der Waals surface area contributed by atoms with Gasteiger partial charge in [0.05, 0.1) is 4.99 Å². The van der Waals surface area contributed by atoms with Gasteiger partial charge in [0.2, 0.25) is 0 Å². The van der Waals surface area contributed by atoms with E-state index in [1.807, 2.05) is 11.8 Å². The predicted octanol–water partition coefficient (Wildman–Crippen LogP) is 1.35. The lowest BCUT2D eigenvalue weighted by atomic mass is 10.2. The van der Waals surface area contributed by atoms with Crippen LogP contribution >= 0.6 is 24.0 Å². The van der Waals surface area contributed by atoms with Crippen molar-refractivity contribution >= 4 is 29.0 Å². The molecule has 2 nitrogen and oxygen atoms in total. The van der Waals surface area contributed by atoms with Crippen molar-refractivity contribution in [1.82, 2.24) is 4.90 Å². The van der Waals surface area contributed by atoms with Gasteiger partial charge in [-0.25, -0.2) is 0 Å². The van der Waals surface area contributed by atoms with Crippen LogP contribution in [0.25, 0.3) is 0 Å². The van der Waals surface area contributed by atoms with Gasteiger partial charge in [0.1, 0.15) is 0 Å². The van der Waals surface area contributed by atoms with Crippen LogP contribution in [-0.4, -0.2) is 41.5 Å². The van der Waals surface area contributed by atoms with Crippen molar-refractivity contribution in [1.29, 1.82) is 0 Å². The normalized spacial score (nSPS) is 13.3. The Hall–Kier alpha value is 0.200. The van der Waals surface area contributed by atoms with E-state index in [0.29, 0.717) is 11.0 Å². The van der Waals surface area contributed by atoms with Gasteiger partial charge in [-0.05, 0) is 19.7 Å². The van der Waals surface area contributed by atoms with E-state index in [1.165, 1.54) is 0 Å². The lowest BCUT2D eigenvalue weighted by Gasteiger charge is -2.25. The lowest BCUT2D eigenvalue weighted by molar-refractivity contribution is 0.291. The molecule has 0 radical (unpaired) electrons. The molecular formula is C8H18N2S2. The summed E-state index contributed by atoms with van der Waals surface area (Å²) in [7, 11) is 2.07. The molecule has 4 heteroatoms. The van der Waals surface area contributed by atoms with Crippen LogP contribution in [0.3, 0.4) is 0 Å². The highest BCUT2D eigenvalue weighted by Crippen LogP contribution is 2.07. The van der Waals surface area contributed by atoms with Crippen LogP contribution in [0.15, 0.2) is 0 Å². The van der Waals surface area contributed by atoms with Gasteiger partial charge in [0.15, 0.2) is 0 Å². The van der Waals surface area contributed by atoms with E-state index in [4.69, 9.17) is 18.0 Å². The first kappa shape index (κ1) is 12.2. The van der Waals surface area contributed by atoms with Gasteiger partial charge in [-0.3, -0.25) is 4.90 Å². The Morgan fingerprint density at radius 3 is 2.58 bits per heavy atom. The highest BCUT2D eigenvalue weighted by Gasteiger charge is 2.11. The Kier molecular flexibility index (Phi) is 6.80. The zero-order valence-corrected chi connectivity index (χ0v) is 9.67. The molecule has 0 aromatic carbocycles. The van der Waals surface area contributed by atoms with Crippen LogP contribution in [0.4, 0.5) is 0 Å². The van der Waals surface area contributed by atoms with Crippen LogP contribution in [0.2, 0.25) is 0 Å². The smallest absolute Gasteiger partial charge is 0.0870 e. The molecule has 0 aliphatic rings. The molecule has 12 heavy (non-hydrogen) atoms. The molecular weight excluding hydrogens is 188 g/mol. The van der Waals surface area contributed by atoms with Crippen molar-refractivity contribution < 1.29 is 0 Å². The Balaban J connectivity index is 3.84. The molecule has 0 spiro atoms. The van der Waals surface area contributed by atoms with Crippen LogP contribution < -0.4 is 5.73 Å². The van der Waals surface area contributed by atoms with Crippen molar-refractivity contribution in [3.05, 3.63) is 0 Å². The molecule has 0 aromatic rings. The molecule has 0 saturated heterocycles. The molecule has 72 valence electrons. The lowest BCUT2D eigenvalue weighted by Crippen LogP contribution is -2.38. The molecule has 0 amide bonds. The predicted molar refractivity (Wildman–Crippen MR) is 61.9 cm³/mol. The zero-order chi connectivity index (χ0) is 9.56. The van der Waals surface area contributed by atoms with Crippen molar-refractivity contribution in [3.8, 4) is 0 Å². The van der Waals surface area contributed by atoms with Crippen molar-refractivity contribution in [3.63, 3.8) is 0 Å². The van der Waals surface area contributed by atoms with E-state index in [1.54, 1.807) is 0 Å². The minimum atomic E-state index is 0.581. The van der Waals surface area contributed by atoms with Gasteiger partial charge in [-0.15, -0.1) is 0 Å². The van der Waals surface area contributed by atoms with E-state index in [2.05, 4.69) is 25.1 Å². The van der Waals surface area contributed by atoms with Crippen molar-refractivity contribution in [2.24, 2.45) is 5.73 Å². The maximum absolute atomic E-state index is 5.46. The van der Waals surface area contributed by atoms with E-state index < -0.39 is 0 Å². The molecule has 1 unspecified atom stereocenters. The van der Waals surface area contributed by atoms with Crippen LogP contribution in [0.5, 0.6) is 0 Å². The first-order chi connectivity index (χ1) is 5.61. The fourth-order valence-corrected chi connectivity index (χ4v) is 2.20. The van der Waals surface area contributed by atoms with Gasteiger partial charge in [-0.2, -0.15) is 11.8 Å². The number of likely N-dealkylation sites (N-methyl/N-ethyl adjacent to an activating group) is 1. The summed E-state index contributed by atoms with van der Waals surface area (Å²) >= 11 is 6.72. The Labute approximate surface area is 84.9 Å². The molecule has 0 aromatic heterocycles. The van der Waals surface area contributed by atoms with E-state index in [9.17, 15) is 0 Å². The number of rotatable bonds is 6. The molecule has 0 saturated carbocycles. The molecule has 1 atom stereocenters. The molecule has 0 bridgehead atoms. The average Bonchev–Trinajstić information content (AvgIpc) is 1.98. The topological polar surface area (TPSA) is 29.3 Å². The number of thiocarbonyl (C=S) groups is 1. The van der Waals surface area contributed by atoms with Crippen molar-refractivity contribution in [2.75, 3.05) is 25.6 Å². The van der Waals surface area contributed by atoms with Crippen LogP contribution in [-0.2, 0) is 0 Å². The molecule has 2 N–H and O–H groups in total. The monoisotopic (exact) mass is 206 g/mol. The summed E-state index contributed by atoms with van der Waals surface area (Å²) in [5, 5.41) is 0. The summed E-state index contributed by atoms with van der Waals surface area (Å²) < 4.78 is 0.